The minimum atomic E-state index is -0.0641. The van der Waals surface area contributed by atoms with Gasteiger partial charge in [0.1, 0.15) is 0 Å². The lowest BCUT2D eigenvalue weighted by Crippen LogP contribution is -2.26. The van der Waals surface area contributed by atoms with E-state index in [-0.39, 0.29) is 38.6 Å². The molecule has 138 valence electrons. The number of aliphatic hydroxyl groups excluding tert-OH is 2. The zero-order valence-corrected chi connectivity index (χ0v) is 14.4. The molecule has 2 N–H and O–H groups in total. The van der Waals surface area contributed by atoms with Crippen molar-refractivity contribution in [1.82, 2.24) is 0 Å². The summed E-state index contributed by atoms with van der Waals surface area (Å²) in [5.41, 5.74) is 2.11. The Morgan fingerprint density at radius 3 is 1.50 bits per heavy atom. The summed E-state index contributed by atoms with van der Waals surface area (Å²) in [7, 11) is 0. The molecule has 0 radical (unpaired) electrons. The van der Waals surface area contributed by atoms with Gasteiger partial charge in [-0.3, -0.25) is 0 Å². The maximum atomic E-state index is 9.90. The topological polar surface area (TPSA) is 77.4 Å². The summed E-state index contributed by atoms with van der Waals surface area (Å²) in [4.78, 5) is 0. The van der Waals surface area contributed by atoms with Gasteiger partial charge in [-0.1, -0.05) is 12.1 Å². The third-order valence-corrected chi connectivity index (χ3v) is 5.01. The van der Waals surface area contributed by atoms with Crippen LogP contribution in [0.1, 0.15) is 11.1 Å². The molecular formula is C20H22O6. The Morgan fingerprint density at radius 2 is 1.08 bits per heavy atom. The number of ether oxygens (including phenoxy) is 4. The van der Waals surface area contributed by atoms with Gasteiger partial charge in [-0.25, -0.2) is 0 Å². The molecule has 6 heteroatoms. The van der Waals surface area contributed by atoms with Gasteiger partial charge >= 0.3 is 0 Å². The van der Waals surface area contributed by atoms with E-state index in [1.807, 2.05) is 36.4 Å². The molecule has 0 aliphatic carbocycles. The van der Waals surface area contributed by atoms with Gasteiger partial charge in [0.2, 0.25) is 13.6 Å². The van der Waals surface area contributed by atoms with Crippen molar-refractivity contribution in [2.24, 2.45) is 11.8 Å². The third-order valence-electron chi connectivity index (χ3n) is 5.01. The lowest BCUT2D eigenvalue weighted by Gasteiger charge is -2.24. The molecule has 0 fully saturated rings. The van der Waals surface area contributed by atoms with E-state index in [1.54, 1.807) is 0 Å². The van der Waals surface area contributed by atoms with E-state index >= 15 is 0 Å². The van der Waals surface area contributed by atoms with E-state index in [0.717, 1.165) is 34.1 Å². The second-order valence-electron chi connectivity index (χ2n) is 6.67. The summed E-state index contributed by atoms with van der Waals surface area (Å²) in [6.07, 6.45) is 1.31. The number of hydrogen-bond donors (Lipinski definition) is 2. The maximum Gasteiger partial charge on any atom is 0.231 e. The van der Waals surface area contributed by atoms with Crippen LogP contribution in [0, 0.1) is 11.8 Å². The predicted molar refractivity (Wildman–Crippen MR) is 93.7 cm³/mol. The minimum absolute atomic E-state index is 0.00419. The maximum absolute atomic E-state index is 9.90. The van der Waals surface area contributed by atoms with Crippen LogP contribution in [-0.4, -0.2) is 37.0 Å². The van der Waals surface area contributed by atoms with Gasteiger partial charge in [0.05, 0.1) is 0 Å². The van der Waals surface area contributed by atoms with Crippen LogP contribution in [0.25, 0.3) is 0 Å². The Balaban J connectivity index is 1.47. The van der Waals surface area contributed by atoms with Crippen LogP contribution in [0.3, 0.4) is 0 Å². The molecule has 2 aliphatic rings. The van der Waals surface area contributed by atoms with E-state index < -0.39 is 0 Å². The average molecular weight is 358 g/mol. The highest BCUT2D eigenvalue weighted by Gasteiger charge is 2.24. The summed E-state index contributed by atoms with van der Waals surface area (Å²) in [6.45, 7) is 0.492. The molecule has 6 nitrogen and oxygen atoms in total. The van der Waals surface area contributed by atoms with E-state index in [2.05, 4.69) is 0 Å². The van der Waals surface area contributed by atoms with Crippen LogP contribution in [-0.2, 0) is 12.8 Å². The number of hydrogen-bond acceptors (Lipinski definition) is 6. The van der Waals surface area contributed by atoms with Crippen molar-refractivity contribution >= 4 is 0 Å². The quantitative estimate of drug-likeness (QED) is 0.790. The average Bonchev–Trinajstić information content (AvgIpc) is 3.32. The van der Waals surface area contributed by atoms with E-state index in [0.29, 0.717) is 12.8 Å². The van der Waals surface area contributed by atoms with Crippen molar-refractivity contribution in [2.45, 2.75) is 12.8 Å². The van der Waals surface area contributed by atoms with E-state index in [9.17, 15) is 10.2 Å². The zero-order chi connectivity index (χ0) is 17.9. The highest BCUT2D eigenvalue weighted by atomic mass is 16.7. The zero-order valence-electron chi connectivity index (χ0n) is 14.4. The predicted octanol–water partition coefficient (Wildman–Crippen LogP) is 2.15. The molecule has 2 aromatic carbocycles. The lowest BCUT2D eigenvalue weighted by atomic mass is 9.83. The first-order chi connectivity index (χ1) is 12.8. The molecule has 4 rings (SSSR count). The summed E-state index contributed by atoms with van der Waals surface area (Å²) < 4.78 is 21.5. The first-order valence-electron chi connectivity index (χ1n) is 8.75. The van der Waals surface area contributed by atoms with Crippen LogP contribution in [0.2, 0.25) is 0 Å². The first kappa shape index (κ1) is 17.0. The third kappa shape index (κ3) is 3.43. The second kappa shape index (κ2) is 7.43. The molecule has 0 unspecified atom stereocenters. The van der Waals surface area contributed by atoms with Gasteiger partial charge in [-0.05, 0) is 60.1 Å². The molecule has 0 saturated heterocycles. The van der Waals surface area contributed by atoms with Crippen LogP contribution in [0.15, 0.2) is 36.4 Å². The van der Waals surface area contributed by atoms with Crippen molar-refractivity contribution < 1.29 is 29.2 Å². The normalized spacial score (nSPS) is 16.5. The summed E-state index contributed by atoms with van der Waals surface area (Å²) >= 11 is 0. The van der Waals surface area contributed by atoms with Gasteiger partial charge in [-0.15, -0.1) is 0 Å². The Hall–Kier alpha value is -2.44. The molecule has 0 bridgehead atoms. The Morgan fingerprint density at radius 1 is 0.654 bits per heavy atom. The number of aliphatic hydroxyl groups is 2. The van der Waals surface area contributed by atoms with Crippen LogP contribution in [0.5, 0.6) is 23.0 Å². The van der Waals surface area contributed by atoms with Crippen molar-refractivity contribution in [3.05, 3.63) is 47.5 Å². The van der Waals surface area contributed by atoms with Crippen molar-refractivity contribution in [1.29, 1.82) is 0 Å². The molecular weight excluding hydrogens is 336 g/mol. The van der Waals surface area contributed by atoms with Crippen LogP contribution < -0.4 is 18.9 Å². The number of benzene rings is 2. The highest BCUT2D eigenvalue weighted by Crippen LogP contribution is 2.35. The van der Waals surface area contributed by atoms with Gasteiger partial charge in [0.15, 0.2) is 23.0 Å². The molecule has 0 spiro atoms. The van der Waals surface area contributed by atoms with Crippen molar-refractivity contribution in [3.8, 4) is 23.0 Å². The minimum Gasteiger partial charge on any atom is -0.454 e. The molecule has 0 amide bonds. The summed E-state index contributed by atoms with van der Waals surface area (Å²) in [6, 6.07) is 11.6. The lowest BCUT2D eigenvalue weighted by molar-refractivity contribution is 0.119. The number of fused-ring (bicyclic) bond motifs is 2. The standard InChI is InChI=1S/C20H22O6/c21-9-15(5-13-1-3-17-19(7-13)25-11-23-17)16(10-22)6-14-2-4-18-20(8-14)26-12-24-18/h1-4,7-8,15-16,21-22H,5-6,9-12H2/t15-,16+. The van der Waals surface area contributed by atoms with Crippen molar-refractivity contribution in [2.75, 3.05) is 26.8 Å². The monoisotopic (exact) mass is 358 g/mol. The van der Waals surface area contributed by atoms with E-state index in [1.165, 1.54) is 0 Å². The molecule has 2 aromatic rings. The molecule has 2 heterocycles. The fraction of sp³-hybridized carbons (Fsp3) is 0.400. The Kier molecular flexibility index (Phi) is 4.86. The highest BCUT2D eigenvalue weighted by molar-refractivity contribution is 5.45. The Labute approximate surface area is 151 Å². The summed E-state index contributed by atoms with van der Waals surface area (Å²) in [5.74, 6) is 2.82. The molecule has 2 aliphatic heterocycles. The molecule has 26 heavy (non-hydrogen) atoms. The number of rotatable bonds is 7. The smallest absolute Gasteiger partial charge is 0.231 e. The largest absolute Gasteiger partial charge is 0.454 e. The van der Waals surface area contributed by atoms with E-state index in [4.69, 9.17) is 18.9 Å². The SMILES string of the molecule is OC[C@H](Cc1ccc2c(c1)OCO2)[C@@H](CO)Cc1ccc2c(c1)OCO2. The fourth-order valence-electron chi connectivity index (χ4n) is 3.50. The summed E-state index contributed by atoms with van der Waals surface area (Å²) in [5, 5.41) is 19.8. The molecule has 0 aromatic heterocycles. The van der Waals surface area contributed by atoms with Crippen LogP contribution >= 0.6 is 0 Å². The fourth-order valence-corrected chi connectivity index (χ4v) is 3.50. The van der Waals surface area contributed by atoms with Gasteiger partial charge < -0.3 is 29.2 Å². The molecule has 0 saturated carbocycles. The second-order valence-corrected chi connectivity index (χ2v) is 6.67. The van der Waals surface area contributed by atoms with Gasteiger partial charge in [-0.2, -0.15) is 0 Å². The van der Waals surface area contributed by atoms with Gasteiger partial charge in [0, 0.05) is 13.2 Å². The van der Waals surface area contributed by atoms with Crippen LogP contribution in [0.4, 0.5) is 0 Å². The first-order valence-corrected chi connectivity index (χ1v) is 8.75. The Bertz CT molecular complexity index is 709. The van der Waals surface area contributed by atoms with Gasteiger partial charge in [0.25, 0.3) is 0 Å². The van der Waals surface area contributed by atoms with Crippen molar-refractivity contribution in [3.63, 3.8) is 0 Å². The molecule has 2 atom stereocenters.